The maximum absolute atomic E-state index is 12.0. The molecule has 0 unspecified atom stereocenters. The number of hydrogen-bond donors (Lipinski definition) is 2. The second kappa shape index (κ2) is 5.88. The van der Waals surface area contributed by atoms with Crippen molar-refractivity contribution in [2.45, 2.75) is 6.54 Å². The minimum absolute atomic E-state index is 0. The number of phenolic OH excluding ortho intramolecular Hbond substituents is 1. The van der Waals surface area contributed by atoms with Gasteiger partial charge in [-0.25, -0.2) is 4.98 Å². The third kappa shape index (κ3) is 2.47. The van der Waals surface area contributed by atoms with E-state index in [0.717, 1.165) is 0 Å². The van der Waals surface area contributed by atoms with Gasteiger partial charge in [0.25, 0.3) is 5.56 Å². The predicted octanol–water partition coefficient (Wildman–Crippen LogP) is 1.98. The summed E-state index contributed by atoms with van der Waals surface area (Å²) in [7, 11) is 0. The van der Waals surface area contributed by atoms with E-state index in [4.69, 9.17) is 28.3 Å². The lowest BCUT2D eigenvalue weighted by Gasteiger charge is -2.07. The van der Waals surface area contributed by atoms with E-state index in [0.29, 0.717) is 0 Å². The standard InChI is InChI=1S/C10H8Cl2N2O3.BrH/c11-5-3-6(12)9(16)8-7(5)10(17)14(1-2-15)4-13-8;/h3-4,15-16H,1-2H2;1H. The van der Waals surface area contributed by atoms with Crippen molar-refractivity contribution in [3.63, 3.8) is 0 Å². The fraction of sp³-hybridized carbons (Fsp3) is 0.200. The lowest BCUT2D eigenvalue weighted by Crippen LogP contribution is -2.22. The van der Waals surface area contributed by atoms with Crippen molar-refractivity contribution < 1.29 is 10.2 Å². The Balaban J connectivity index is 0.00000162. The Kier molecular flexibility index (Phi) is 4.98. The molecule has 0 aliphatic rings. The third-order valence-electron chi connectivity index (χ3n) is 2.32. The maximum atomic E-state index is 12.0. The van der Waals surface area contributed by atoms with E-state index < -0.39 is 5.56 Å². The van der Waals surface area contributed by atoms with Gasteiger partial charge in [0.1, 0.15) is 5.52 Å². The van der Waals surface area contributed by atoms with Crippen LogP contribution in [0.4, 0.5) is 0 Å². The zero-order chi connectivity index (χ0) is 12.6. The van der Waals surface area contributed by atoms with Crippen LogP contribution < -0.4 is 5.56 Å². The molecule has 0 bridgehead atoms. The molecule has 0 saturated heterocycles. The largest absolute Gasteiger partial charge is 0.504 e. The van der Waals surface area contributed by atoms with Crippen molar-refractivity contribution in [3.05, 3.63) is 32.8 Å². The number of phenols is 1. The third-order valence-corrected chi connectivity index (χ3v) is 2.91. The SMILES string of the molecule is Br.O=c1c2c(Cl)cc(Cl)c(O)c2ncn1CCO. The molecule has 5 nitrogen and oxygen atoms in total. The van der Waals surface area contributed by atoms with E-state index in [1.54, 1.807) is 0 Å². The molecule has 0 spiro atoms. The number of aliphatic hydroxyl groups is 1. The smallest absolute Gasteiger partial charge is 0.262 e. The van der Waals surface area contributed by atoms with Gasteiger partial charge < -0.3 is 10.2 Å². The van der Waals surface area contributed by atoms with Gasteiger partial charge in [0, 0.05) is 0 Å². The maximum Gasteiger partial charge on any atom is 0.262 e. The molecule has 2 aromatic rings. The first-order chi connectivity index (χ1) is 8.06. The summed E-state index contributed by atoms with van der Waals surface area (Å²) in [5.74, 6) is -0.278. The Labute approximate surface area is 122 Å². The molecule has 0 radical (unpaired) electrons. The van der Waals surface area contributed by atoms with E-state index in [-0.39, 0.29) is 56.8 Å². The van der Waals surface area contributed by atoms with Crippen LogP contribution in [0.1, 0.15) is 0 Å². The highest BCUT2D eigenvalue weighted by molar-refractivity contribution is 8.93. The summed E-state index contributed by atoms with van der Waals surface area (Å²) in [4.78, 5) is 15.9. The number of rotatable bonds is 2. The van der Waals surface area contributed by atoms with Crippen LogP contribution in [0.2, 0.25) is 10.0 Å². The molecule has 0 aliphatic carbocycles. The second-order valence-electron chi connectivity index (χ2n) is 3.38. The van der Waals surface area contributed by atoms with Gasteiger partial charge >= 0.3 is 0 Å². The number of aromatic hydroxyl groups is 1. The monoisotopic (exact) mass is 354 g/mol. The van der Waals surface area contributed by atoms with E-state index >= 15 is 0 Å². The molecule has 0 fully saturated rings. The van der Waals surface area contributed by atoms with Crippen molar-refractivity contribution in [2.75, 3.05) is 6.61 Å². The summed E-state index contributed by atoms with van der Waals surface area (Å²) < 4.78 is 1.21. The number of aliphatic hydroxyl groups excluding tert-OH is 1. The Morgan fingerprint density at radius 3 is 2.61 bits per heavy atom. The summed E-state index contributed by atoms with van der Waals surface area (Å²) in [6.45, 7) is -0.0776. The Bertz CT molecular complexity index is 645. The molecular weight excluding hydrogens is 347 g/mol. The second-order valence-corrected chi connectivity index (χ2v) is 4.19. The van der Waals surface area contributed by atoms with Gasteiger partial charge in [-0.05, 0) is 6.07 Å². The Hall–Kier alpha value is -0.820. The molecule has 2 N–H and O–H groups in total. The van der Waals surface area contributed by atoms with Gasteiger partial charge in [0.2, 0.25) is 0 Å². The lowest BCUT2D eigenvalue weighted by molar-refractivity contribution is 0.274. The van der Waals surface area contributed by atoms with Crippen LogP contribution in [0.3, 0.4) is 0 Å². The molecule has 0 amide bonds. The fourth-order valence-electron chi connectivity index (χ4n) is 1.52. The van der Waals surface area contributed by atoms with Crippen LogP contribution in [0, 0.1) is 0 Å². The highest BCUT2D eigenvalue weighted by atomic mass is 79.9. The Morgan fingerprint density at radius 2 is 2.00 bits per heavy atom. The topological polar surface area (TPSA) is 75.3 Å². The molecule has 1 aromatic carbocycles. The first-order valence-corrected chi connectivity index (χ1v) is 5.49. The minimum atomic E-state index is -0.430. The summed E-state index contributed by atoms with van der Waals surface area (Å²) in [5.41, 5.74) is -0.372. The summed E-state index contributed by atoms with van der Waals surface area (Å²) >= 11 is 11.6. The molecule has 1 heterocycles. The number of benzene rings is 1. The number of nitrogens with zero attached hydrogens (tertiary/aromatic N) is 2. The average molecular weight is 356 g/mol. The van der Waals surface area contributed by atoms with Gasteiger partial charge in [-0.2, -0.15) is 0 Å². The van der Waals surface area contributed by atoms with Crippen LogP contribution in [-0.2, 0) is 6.54 Å². The first-order valence-electron chi connectivity index (χ1n) is 4.73. The zero-order valence-corrected chi connectivity index (χ0v) is 12.2. The van der Waals surface area contributed by atoms with Gasteiger partial charge in [0.15, 0.2) is 5.75 Å². The molecule has 0 aliphatic heterocycles. The summed E-state index contributed by atoms with van der Waals surface area (Å²) in [5, 5.41) is 18.7. The van der Waals surface area contributed by atoms with Gasteiger partial charge in [-0.1, -0.05) is 23.2 Å². The zero-order valence-electron chi connectivity index (χ0n) is 8.93. The Morgan fingerprint density at radius 1 is 1.33 bits per heavy atom. The average Bonchev–Trinajstić information content (AvgIpc) is 2.29. The van der Waals surface area contributed by atoms with Crippen LogP contribution in [-0.4, -0.2) is 26.4 Å². The summed E-state index contributed by atoms with van der Waals surface area (Å²) in [6, 6.07) is 1.28. The highest BCUT2D eigenvalue weighted by Crippen LogP contribution is 2.34. The number of aromatic nitrogens is 2. The highest BCUT2D eigenvalue weighted by Gasteiger charge is 2.14. The minimum Gasteiger partial charge on any atom is -0.504 e. The van der Waals surface area contributed by atoms with Crippen molar-refractivity contribution in [3.8, 4) is 5.75 Å². The van der Waals surface area contributed by atoms with Gasteiger partial charge in [-0.15, -0.1) is 17.0 Å². The molecule has 98 valence electrons. The fourth-order valence-corrected chi connectivity index (χ4v) is 2.05. The van der Waals surface area contributed by atoms with E-state index in [1.807, 2.05) is 0 Å². The van der Waals surface area contributed by atoms with Crippen LogP contribution in [0.5, 0.6) is 5.75 Å². The van der Waals surface area contributed by atoms with Crippen molar-refractivity contribution in [1.82, 2.24) is 9.55 Å². The van der Waals surface area contributed by atoms with Crippen LogP contribution in [0.25, 0.3) is 10.9 Å². The molecule has 0 atom stereocenters. The molecule has 2 rings (SSSR count). The molecular formula is C10H9BrCl2N2O3. The van der Waals surface area contributed by atoms with Gasteiger partial charge in [0.05, 0.1) is 34.9 Å². The van der Waals surface area contributed by atoms with Crippen molar-refractivity contribution in [2.24, 2.45) is 0 Å². The van der Waals surface area contributed by atoms with Gasteiger partial charge in [-0.3, -0.25) is 9.36 Å². The normalized spacial score (nSPS) is 10.4. The first kappa shape index (κ1) is 15.2. The van der Waals surface area contributed by atoms with Crippen molar-refractivity contribution in [1.29, 1.82) is 0 Å². The quantitative estimate of drug-likeness (QED) is 0.863. The lowest BCUT2D eigenvalue weighted by atomic mass is 10.2. The predicted molar refractivity (Wildman–Crippen MR) is 75.1 cm³/mol. The molecule has 8 heteroatoms. The van der Waals surface area contributed by atoms with Crippen LogP contribution >= 0.6 is 40.2 Å². The molecule has 18 heavy (non-hydrogen) atoms. The number of hydrogen-bond acceptors (Lipinski definition) is 4. The van der Waals surface area contributed by atoms with E-state index in [9.17, 15) is 9.90 Å². The van der Waals surface area contributed by atoms with E-state index in [1.165, 1.54) is 17.0 Å². The molecule has 1 aromatic heterocycles. The van der Waals surface area contributed by atoms with Crippen LogP contribution in [0.15, 0.2) is 17.2 Å². The number of halogens is 3. The molecule has 0 saturated carbocycles. The van der Waals surface area contributed by atoms with Crippen molar-refractivity contribution >= 4 is 51.1 Å². The van der Waals surface area contributed by atoms with E-state index in [2.05, 4.69) is 4.98 Å². The number of fused-ring (bicyclic) bond motifs is 1. The summed E-state index contributed by atoms with van der Waals surface area (Å²) in [6.07, 6.45) is 1.23.